The summed E-state index contributed by atoms with van der Waals surface area (Å²) in [4.78, 5) is 0. The summed E-state index contributed by atoms with van der Waals surface area (Å²) in [5.41, 5.74) is 5.53. The standard InChI is InChI=1S/C13H28N2O/c1-16-11-13(7-4-9-14)15-10-8-12-5-2-3-6-12/h12-13,15H,2-11,14H2,1H3. The molecule has 0 aromatic rings. The molecule has 96 valence electrons. The van der Waals surface area contributed by atoms with Gasteiger partial charge in [-0.15, -0.1) is 0 Å². The first-order chi connectivity index (χ1) is 7.86. The third kappa shape index (κ3) is 5.83. The van der Waals surface area contributed by atoms with Crippen LogP contribution in [0.1, 0.15) is 44.9 Å². The minimum absolute atomic E-state index is 0.495. The molecule has 0 aromatic heterocycles. The maximum atomic E-state index is 5.53. The lowest BCUT2D eigenvalue weighted by atomic mass is 10.0. The van der Waals surface area contributed by atoms with E-state index in [1.54, 1.807) is 7.11 Å². The molecule has 0 heterocycles. The summed E-state index contributed by atoms with van der Waals surface area (Å²) < 4.78 is 5.22. The van der Waals surface area contributed by atoms with Gasteiger partial charge in [-0.2, -0.15) is 0 Å². The van der Waals surface area contributed by atoms with Crippen LogP contribution in [0, 0.1) is 5.92 Å². The number of methoxy groups -OCH3 is 1. The SMILES string of the molecule is COCC(CCCN)NCCC1CCCC1. The van der Waals surface area contributed by atoms with E-state index in [0.29, 0.717) is 6.04 Å². The van der Waals surface area contributed by atoms with Crippen molar-refractivity contribution in [3.8, 4) is 0 Å². The first kappa shape index (κ1) is 13.9. The van der Waals surface area contributed by atoms with Crippen LogP contribution in [0.3, 0.4) is 0 Å². The maximum absolute atomic E-state index is 5.53. The third-order valence-electron chi connectivity index (χ3n) is 3.58. The van der Waals surface area contributed by atoms with Crippen molar-refractivity contribution in [2.75, 3.05) is 26.8 Å². The van der Waals surface area contributed by atoms with Gasteiger partial charge in [0.1, 0.15) is 0 Å². The largest absolute Gasteiger partial charge is 0.383 e. The Balaban J connectivity index is 2.05. The molecule has 1 rings (SSSR count). The first-order valence-electron chi connectivity index (χ1n) is 6.79. The quantitative estimate of drug-likeness (QED) is 0.634. The van der Waals surface area contributed by atoms with Gasteiger partial charge in [-0.05, 0) is 38.3 Å². The first-order valence-corrected chi connectivity index (χ1v) is 6.79. The molecular formula is C13H28N2O. The van der Waals surface area contributed by atoms with E-state index in [0.717, 1.165) is 38.5 Å². The van der Waals surface area contributed by atoms with Crippen LogP contribution in [0.2, 0.25) is 0 Å². The number of hydrogen-bond acceptors (Lipinski definition) is 3. The molecule has 3 heteroatoms. The molecule has 1 fully saturated rings. The molecule has 0 amide bonds. The van der Waals surface area contributed by atoms with Crippen LogP contribution >= 0.6 is 0 Å². The average Bonchev–Trinajstić information content (AvgIpc) is 2.79. The molecular weight excluding hydrogens is 200 g/mol. The summed E-state index contributed by atoms with van der Waals surface area (Å²) in [6.45, 7) is 2.73. The molecule has 3 N–H and O–H groups in total. The minimum Gasteiger partial charge on any atom is -0.383 e. The van der Waals surface area contributed by atoms with Gasteiger partial charge < -0.3 is 15.8 Å². The fraction of sp³-hybridized carbons (Fsp3) is 1.00. The number of nitrogens with one attached hydrogen (secondary N) is 1. The van der Waals surface area contributed by atoms with E-state index in [1.165, 1.54) is 32.1 Å². The second kappa shape index (κ2) is 8.97. The van der Waals surface area contributed by atoms with Crippen LogP contribution < -0.4 is 11.1 Å². The molecule has 3 nitrogen and oxygen atoms in total. The van der Waals surface area contributed by atoms with Crippen LogP contribution in [-0.4, -0.2) is 32.8 Å². The highest BCUT2D eigenvalue weighted by atomic mass is 16.5. The molecule has 0 radical (unpaired) electrons. The van der Waals surface area contributed by atoms with Crippen molar-refractivity contribution in [2.24, 2.45) is 11.7 Å². The average molecular weight is 228 g/mol. The molecule has 1 aliphatic rings. The molecule has 1 unspecified atom stereocenters. The van der Waals surface area contributed by atoms with Crippen LogP contribution in [0.5, 0.6) is 0 Å². The monoisotopic (exact) mass is 228 g/mol. The van der Waals surface area contributed by atoms with Gasteiger partial charge in [0.2, 0.25) is 0 Å². The maximum Gasteiger partial charge on any atom is 0.0615 e. The van der Waals surface area contributed by atoms with Crippen molar-refractivity contribution < 1.29 is 4.74 Å². The number of rotatable bonds is 9. The van der Waals surface area contributed by atoms with E-state index in [-0.39, 0.29) is 0 Å². The van der Waals surface area contributed by atoms with Crippen molar-refractivity contribution in [2.45, 2.75) is 51.0 Å². The Morgan fingerprint density at radius 2 is 2.12 bits per heavy atom. The second-order valence-electron chi connectivity index (χ2n) is 4.98. The van der Waals surface area contributed by atoms with E-state index in [4.69, 9.17) is 10.5 Å². The summed E-state index contributed by atoms with van der Waals surface area (Å²) in [5, 5.41) is 3.60. The summed E-state index contributed by atoms with van der Waals surface area (Å²) in [5.74, 6) is 0.977. The van der Waals surface area contributed by atoms with Crippen molar-refractivity contribution in [1.29, 1.82) is 0 Å². The topological polar surface area (TPSA) is 47.3 Å². The van der Waals surface area contributed by atoms with Gasteiger partial charge in [-0.1, -0.05) is 25.7 Å². The van der Waals surface area contributed by atoms with Crippen LogP contribution in [0.4, 0.5) is 0 Å². The minimum atomic E-state index is 0.495. The Labute approximate surface area is 100 Å². The zero-order valence-corrected chi connectivity index (χ0v) is 10.7. The smallest absolute Gasteiger partial charge is 0.0615 e. The Hall–Kier alpha value is -0.120. The third-order valence-corrected chi connectivity index (χ3v) is 3.58. The summed E-state index contributed by atoms with van der Waals surface area (Å²) in [6.07, 6.45) is 9.33. The van der Waals surface area contributed by atoms with Crippen LogP contribution in [0.15, 0.2) is 0 Å². The molecule has 1 aliphatic carbocycles. The van der Waals surface area contributed by atoms with Crippen molar-refractivity contribution in [1.82, 2.24) is 5.32 Å². The van der Waals surface area contributed by atoms with E-state index in [1.807, 2.05) is 0 Å². The molecule has 0 aromatic carbocycles. The van der Waals surface area contributed by atoms with E-state index < -0.39 is 0 Å². The number of hydrogen-bond donors (Lipinski definition) is 2. The van der Waals surface area contributed by atoms with E-state index in [9.17, 15) is 0 Å². The van der Waals surface area contributed by atoms with Gasteiger partial charge in [-0.3, -0.25) is 0 Å². The van der Waals surface area contributed by atoms with Gasteiger partial charge in [0.25, 0.3) is 0 Å². The van der Waals surface area contributed by atoms with Crippen LogP contribution in [-0.2, 0) is 4.74 Å². The van der Waals surface area contributed by atoms with Crippen molar-refractivity contribution >= 4 is 0 Å². The van der Waals surface area contributed by atoms with Crippen molar-refractivity contribution in [3.05, 3.63) is 0 Å². The highest BCUT2D eigenvalue weighted by molar-refractivity contribution is 4.71. The molecule has 0 spiro atoms. The summed E-state index contributed by atoms with van der Waals surface area (Å²) in [6, 6.07) is 0.495. The predicted molar refractivity (Wildman–Crippen MR) is 68.5 cm³/mol. The molecule has 0 bridgehead atoms. The lowest BCUT2D eigenvalue weighted by molar-refractivity contribution is 0.161. The van der Waals surface area contributed by atoms with Crippen molar-refractivity contribution in [3.63, 3.8) is 0 Å². The van der Waals surface area contributed by atoms with Gasteiger partial charge >= 0.3 is 0 Å². The predicted octanol–water partition coefficient (Wildman–Crippen LogP) is 1.91. The Morgan fingerprint density at radius 1 is 1.38 bits per heavy atom. The highest BCUT2D eigenvalue weighted by Crippen LogP contribution is 2.26. The zero-order valence-electron chi connectivity index (χ0n) is 10.7. The summed E-state index contributed by atoms with van der Waals surface area (Å²) >= 11 is 0. The van der Waals surface area contributed by atoms with Gasteiger partial charge in [0, 0.05) is 13.2 Å². The molecule has 16 heavy (non-hydrogen) atoms. The normalized spacial score (nSPS) is 19.1. The number of ether oxygens (including phenoxy) is 1. The summed E-state index contributed by atoms with van der Waals surface area (Å²) in [7, 11) is 1.77. The molecule has 1 atom stereocenters. The van der Waals surface area contributed by atoms with Gasteiger partial charge in [0.15, 0.2) is 0 Å². The lowest BCUT2D eigenvalue weighted by Gasteiger charge is -2.18. The van der Waals surface area contributed by atoms with Gasteiger partial charge in [-0.25, -0.2) is 0 Å². The van der Waals surface area contributed by atoms with Gasteiger partial charge in [0.05, 0.1) is 6.61 Å². The Bertz CT molecular complexity index is 158. The Morgan fingerprint density at radius 3 is 2.75 bits per heavy atom. The fourth-order valence-corrected chi connectivity index (χ4v) is 2.60. The molecule has 0 aliphatic heterocycles. The molecule has 1 saturated carbocycles. The zero-order chi connectivity index (χ0) is 11.6. The van der Waals surface area contributed by atoms with E-state index in [2.05, 4.69) is 5.32 Å². The second-order valence-corrected chi connectivity index (χ2v) is 4.98. The van der Waals surface area contributed by atoms with Crippen LogP contribution in [0.25, 0.3) is 0 Å². The highest BCUT2D eigenvalue weighted by Gasteiger charge is 2.15. The fourth-order valence-electron chi connectivity index (χ4n) is 2.60. The molecule has 0 saturated heterocycles. The lowest BCUT2D eigenvalue weighted by Crippen LogP contribution is -2.35. The Kier molecular flexibility index (Phi) is 7.81. The van der Waals surface area contributed by atoms with E-state index >= 15 is 0 Å². The number of nitrogens with two attached hydrogens (primary N) is 1.